The van der Waals surface area contributed by atoms with Crippen LogP contribution >= 0.6 is 15.9 Å². The Hall–Kier alpha value is -1.88. The van der Waals surface area contributed by atoms with Crippen molar-refractivity contribution in [2.24, 2.45) is 0 Å². The van der Waals surface area contributed by atoms with Crippen molar-refractivity contribution in [1.82, 2.24) is 10.6 Å². The lowest BCUT2D eigenvalue weighted by atomic mass is 9.91. The second-order valence-electron chi connectivity index (χ2n) is 4.84. The van der Waals surface area contributed by atoms with Gasteiger partial charge in [0.05, 0.1) is 0 Å². The minimum absolute atomic E-state index is 0.0265. The highest BCUT2D eigenvalue weighted by Crippen LogP contribution is 2.26. The van der Waals surface area contributed by atoms with E-state index in [2.05, 4.69) is 26.6 Å². The predicted octanol–water partition coefficient (Wildman–Crippen LogP) is 3.85. The van der Waals surface area contributed by atoms with Gasteiger partial charge in [-0.3, -0.25) is 0 Å². The van der Waals surface area contributed by atoms with E-state index in [1.165, 1.54) is 0 Å². The Balaban J connectivity index is 2.14. The molecule has 0 aliphatic rings. The van der Waals surface area contributed by atoms with E-state index < -0.39 is 6.67 Å². The number of urea groups is 1. The molecule has 0 fully saturated rings. The van der Waals surface area contributed by atoms with E-state index >= 15 is 0 Å². The molecule has 2 amide bonds. The van der Waals surface area contributed by atoms with Gasteiger partial charge < -0.3 is 10.6 Å². The van der Waals surface area contributed by atoms with Crippen LogP contribution in [-0.2, 0) is 0 Å². The molecule has 1 atom stereocenters. The first-order chi connectivity index (χ1) is 10.7. The highest BCUT2D eigenvalue weighted by Gasteiger charge is 2.15. The Morgan fingerprint density at radius 1 is 1.05 bits per heavy atom. The summed E-state index contributed by atoms with van der Waals surface area (Å²) in [6.07, 6.45) is 0. The van der Waals surface area contributed by atoms with Crippen LogP contribution in [-0.4, -0.2) is 25.8 Å². The maximum Gasteiger partial charge on any atom is 0.314 e. The van der Waals surface area contributed by atoms with Gasteiger partial charge in [0.2, 0.25) is 0 Å². The average Bonchev–Trinajstić information content (AvgIpc) is 2.54. The maximum absolute atomic E-state index is 12.1. The molecule has 0 saturated carbocycles. The molecule has 0 heterocycles. The predicted molar refractivity (Wildman–Crippen MR) is 89.8 cm³/mol. The summed E-state index contributed by atoms with van der Waals surface area (Å²) in [7, 11) is 0. The van der Waals surface area contributed by atoms with Gasteiger partial charge in [-0.2, -0.15) is 0 Å². The van der Waals surface area contributed by atoms with Crippen LogP contribution < -0.4 is 10.6 Å². The molecule has 2 N–H and O–H groups in total. The molecule has 0 saturated heterocycles. The van der Waals surface area contributed by atoms with Gasteiger partial charge in [0.1, 0.15) is 6.67 Å². The van der Waals surface area contributed by atoms with Crippen molar-refractivity contribution >= 4 is 22.0 Å². The first-order valence-electron chi connectivity index (χ1n) is 7.09. The molecule has 0 aromatic heterocycles. The zero-order chi connectivity index (χ0) is 15.8. The molecule has 3 nitrogen and oxygen atoms in total. The molecule has 0 spiro atoms. The number of benzene rings is 2. The first kappa shape index (κ1) is 16.5. The average molecular weight is 365 g/mol. The van der Waals surface area contributed by atoms with Crippen molar-refractivity contribution in [2.75, 3.05) is 19.8 Å². The van der Waals surface area contributed by atoms with Gasteiger partial charge in [-0.25, -0.2) is 9.18 Å². The van der Waals surface area contributed by atoms with Crippen LogP contribution in [0.15, 0.2) is 59.1 Å². The molecule has 2 rings (SSSR count). The molecule has 0 aliphatic carbocycles. The molecule has 0 aliphatic heterocycles. The van der Waals surface area contributed by atoms with Crippen LogP contribution in [0.25, 0.3) is 0 Å². The molecule has 116 valence electrons. The quantitative estimate of drug-likeness (QED) is 0.802. The summed E-state index contributed by atoms with van der Waals surface area (Å²) in [6.45, 7) is -0.0987. The molecule has 2 aromatic carbocycles. The van der Waals surface area contributed by atoms with Gasteiger partial charge in [0, 0.05) is 23.5 Å². The fourth-order valence-electron chi connectivity index (χ4n) is 2.25. The second kappa shape index (κ2) is 8.54. The number of halogens is 2. The lowest BCUT2D eigenvalue weighted by molar-refractivity contribution is 0.239. The number of hydrogen-bond donors (Lipinski definition) is 2. The Bertz CT molecular complexity index is 607. The third-order valence-electron chi connectivity index (χ3n) is 3.30. The molecular weight excluding hydrogens is 347 g/mol. The smallest absolute Gasteiger partial charge is 0.314 e. The van der Waals surface area contributed by atoms with Gasteiger partial charge in [0.15, 0.2) is 0 Å². The van der Waals surface area contributed by atoms with Gasteiger partial charge in [-0.1, -0.05) is 58.4 Å². The van der Waals surface area contributed by atoms with E-state index in [4.69, 9.17) is 0 Å². The number of hydrogen-bond acceptors (Lipinski definition) is 1. The van der Waals surface area contributed by atoms with Crippen LogP contribution in [0.2, 0.25) is 0 Å². The number of rotatable bonds is 6. The molecule has 0 radical (unpaired) electrons. The van der Waals surface area contributed by atoms with E-state index in [1.807, 2.05) is 54.6 Å². The summed E-state index contributed by atoms with van der Waals surface area (Å²) in [5.41, 5.74) is 2.22. The third-order valence-corrected chi connectivity index (χ3v) is 3.79. The zero-order valence-electron chi connectivity index (χ0n) is 12.1. The van der Waals surface area contributed by atoms with Crippen LogP contribution in [0, 0.1) is 0 Å². The van der Waals surface area contributed by atoms with Crippen LogP contribution in [0.4, 0.5) is 9.18 Å². The third kappa shape index (κ3) is 4.84. The number of nitrogens with one attached hydrogen (secondary N) is 2. The van der Waals surface area contributed by atoms with Crippen molar-refractivity contribution < 1.29 is 9.18 Å². The summed E-state index contributed by atoms with van der Waals surface area (Å²) in [4.78, 5) is 11.6. The van der Waals surface area contributed by atoms with E-state index in [1.54, 1.807) is 0 Å². The molecule has 0 bridgehead atoms. The minimum Gasteiger partial charge on any atom is -0.337 e. The van der Waals surface area contributed by atoms with Gasteiger partial charge in [-0.15, -0.1) is 0 Å². The van der Waals surface area contributed by atoms with Crippen LogP contribution in [0.3, 0.4) is 0 Å². The van der Waals surface area contributed by atoms with Gasteiger partial charge in [0.25, 0.3) is 0 Å². The molecule has 1 unspecified atom stereocenters. The topological polar surface area (TPSA) is 41.1 Å². The van der Waals surface area contributed by atoms with Gasteiger partial charge >= 0.3 is 6.03 Å². The van der Waals surface area contributed by atoms with Gasteiger partial charge in [-0.05, 0) is 23.3 Å². The normalized spacial score (nSPS) is 11.7. The van der Waals surface area contributed by atoms with Crippen molar-refractivity contribution in [3.8, 4) is 0 Å². The largest absolute Gasteiger partial charge is 0.337 e. The fraction of sp³-hybridized carbons (Fsp3) is 0.235. The molecule has 2 aromatic rings. The lowest BCUT2D eigenvalue weighted by Crippen LogP contribution is -2.38. The SMILES string of the molecule is O=C(NCCF)NCC(c1ccccc1)c1cccc(Br)c1. The second-order valence-corrected chi connectivity index (χ2v) is 5.76. The summed E-state index contributed by atoms with van der Waals surface area (Å²) in [6, 6.07) is 17.6. The Morgan fingerprint density at radius 3 is 2.45 bits per heavy atom. The number of carbonyl (C=O) groups excluding carboxylic acids is 1. The van der Waals surface area contributed by atoms with Crippen molar-refractivity contribution in [1.29, 1.82) is 0 Å². The van der Waals surface area contributed by atoms with E-state index in [-0.39, 0.29) is 18.5 Å². The molecular formula is C17H18BrFN2O. The maximum atomic E-state index is 12.1. The number of amides is 2. The van der Waals surface area contributed by atoms with Crippen molar-refractivity contribution in [3.05, 3.63) is 70.2 Å². The lowest BCUT2D eigenvalue weighted by Gasteiger charge is -2.19. The summed E-state index contributed by atoms with van der Waals surface area (Å²) in [5, 5.41) is 5.27. The monoisotopic (exact) mass is 364 g/mol. The van der Waals surface area contributed by atoms with E-state index in [0.29, 0.717) is 6.54 Å². The van der Waals surface area contributed by atoms with E-state index in [9.17, 15) is 9.18 Å². The van der Waals surface area contributed by atoms with Crippen molar-refractivity contribution in [2.45, 2.75) is 5.92 Å². The summed E-state index contributed by atoms with van der Waals surface area (Å²) >= 11 is 3.48. The van der Waals surface area contributed by atoms with E-state index in [0.717, 1.165) is 15.6 Å². The Morgan fingerprint density at radius 2 is 1.77 bits per heavy atom. The standard InChI is InChI=1S/C17H18BrFN2O/c18-15-8-4-7-14(11-15)16(13-5-2-1-3-6-13)12-21-17(22)20-10-9-19/h1-8,11,16H,9-10,12H2,(H2,20,21,22). The Labute approximate surface area is 138 Å². The van der Waals surface area contributed by atoms with Crippen LogP contribution in [0.5, 0.6) is 0 Å². The first-order valence-corrected chi connectivity index (χ1v) is 7.88. The van der Waals surface area contributed by atoms with Crippen LogP contribution in [0.1, 0.15) is 17.0 Å². The minimum atomic E-state index is -0.568. The molecule has 5 heteroatoms. The fourth-order valence-corrected chi connectivity index (χ4v) is 2.67. The number of alkyl halides is 1. The summed E-state index contributed by atoms with van der Waals surface area (Å²) in [5.74, 6) is 0.0369. The van der Waals surface area contributed by atoms with Crippen molar-refractivity contribution in [3.63, 3.8) is 0 Å². The Kier molecular flexibility index (Phi) is 6.40. The highest BCUT2D eigenvalue weighted by atomic mass is 79.9. The zero-order valence-corrected chi connectivity index (χ0v) is 13.6. The number of carbonyl (C=O) groups is 1. The molecule has 22 heavy (non-hydrogen) atoms. The summed E-state index contributed by atoms with van der Waals surface area (Å²) < 4.78 is 13.1. The highest BCUT2D eigenvalue weighted by molar-refractivity contribution is 9.10.